The van der Waals surface area contributed by atoms with Crippen molar-refractivity contribution in [3.63, 3.8) is 0 Å². The largest absolute Gasteiger partial charge is 0.382 e. The van der Waals surface area contributed by atoms with Crippen LogP contribution in [0.15, 0.2) is 48.5 Å². The molecule has 4 nitrogen and oxygen atoms in total. The standard InChI is InChI=1S/C35H52O4/c1-6-7-8-9-10-11-12-13-14-15-16-28-17-19-30(20-18-28)32(36)34(4,38)25-26-35(5,39)33(37)31-23-21-29(22-24-31)27(2)3/h17-24,27,38-39H,6-16,25-26H2,1-5H3. The Morgan fingerprint density at radius 1 is 0.641 bits per heavy atom. The lowest BCUT2D eigenvalue weighted by Gasteiger charge is -2.28. The Bertz CT molecular complexity index is 1000. The van der Waals surface area contributed by atoms with Gasteiger partial charge in [-0.2, -0.15) is 0 Å². The van der Waals surface area contributed by atoms with E-state index in [1.54, 1.807) is 24.3 Å². The lowest BCUT2D eigenvalue weighted by molar-refractivity contribution is 0.00810. The Morgan fingerprint density at radius 3 is 1.44 bits per heavy atom. The molecule has 0 aromatic heterocycles. The molecule has 2 aromatic rings. The van der Waals surface area contributed by atoms with Crippen molar-refractivity contribution in [2.45, 2.75) is 135 Å². The molecule has 0 fully saturated rings. The number of hydrogen-bond acceptors (Lipinski definition) is 4. The first kappa shape index (κ1) is 32.9. The zero-order chi connectivity index (χ0) is 28.9. The van der Waals surface area contributed by atoms with Gasteiger partial charge < -0.3 is 10.2 Å². The van der Waals surface area contributed by atoms with E-state index in [9.17, 15) is 19.8 Å². The average molecular weight is 537 g/mol. The van der Waals surface area contributed by atoms with Crippen molar-refractivity contribution in [2.24, 2.45) is 0 Å². The summed E-state index contributed by atoms with van der Waals surface area (Å²) in [5.41, 5.74) is -0.167. The molecule has 0 saturated carbocycles. The van der Waals surface area contributed by atoms with Crippen LogP contribution in [0.1, 0.15) is 149 Å². The molecular formula is C35H52O4. The molecule has 39 heavy (non-hydrogen) atoms. The van der Waals surface area contributed by atoms with E-state index in [1.807, 2.05) is 24.3 Å². The van der Waals surface area contributed by atoms with Crippen LogP contribution in [0, 0.1) is 0 Å². The highest BCUT2D eigenvalue weighted by atomic mass is 16.3. The van der Waals surface area contributed by atoms with Gasteiger partial charge in [0, 0.05) is 11.1 Å². The first-order chi connectivity index (χ1) is 18.5. The Labute approximate surface area is 237 Å². The summed E-state index contributed by atoms with van der Waals surface area (Å²) in [5, 5.41) is 21.8. The molecular weight excluding hydrogens is 484 g/mol. The zero-order valence-electron chi connectivity index (χ0n) is 25.1. The number of Topliss-reactive ketones (excluding diaryl/α,β-unsaturated/α-hetero) is 2. The number of hydrogen-bond donors (Lipinski definition) is 2. The molecule has 2 rings (SSSR count). The molecule has 0 bridgehead atoms. The highest BCUT2D eigenvalue weighted by Gasteiger charge is 2.37. The number of aliphatic hydroxyl groups is 2. The molecule has 0 heterocycles. The van der Waals surface area contributed by atoms with E-state index < -0.39 is 22.8 Å². The van der Waals surface area contributed by atoms with Crippen LogP contribution in [0.5, 0.6) is 0 Å². The van der Waals surface area contributed by atoms with Gasteiger partial charge in [0.2, 0.25) is 0 Å². The minimum atomic E-state index is -1.68. The third-order valence-corrected chi connectivity index (χ3v) is 7.95. The van der Waals surface area contributed by atoms with Gasteiger partial charge in [-0.25, -0.2) is 0 Å². The predicted octanol–water partition coefficient (Wildman–Crippen LogP) is 8.62. The number of carbonyl (C=O) groups excluding carboxylic acids is 2. The lowest BCUT2D eigenvalue weighted by Crippen LogP contribution is -2.41. The number of aryl methyl sites for hydroxylation is 1. The van der Waals surface area contributed by atoms with Crippen molar-refractivity contribution in [3.8, 4) is 0 Å². The van der Waals surface area contributed by atoms with Crippen molar-refractivity contribution >= 4 is 11.6 Å². The van der Waals surface area contributed by atoms with Gasteiger partial charge in [-0.1, -0.05) is 127 Å². The molecule has 2 unspecified atom stereocenters. The van der Waals surface area contributed by atoms with Crippen LogP contribution in [0.2, 0.25) is 0 Å². The normalized spacial score (nSPS) is 14.7. The third kappa shape index (κ3) is 11.0. The number of ketones is 2. The van der Waals surface area contributed by atoms with Gasteiger partial charge in [0.25, 0.3) is 0 Å². The minimum absolute atomic E-state index is 0.0188. The van der Waals surface area contributed by atoms with E-state index in [-0.39, 0.29) is 12.8 Å². The van der Waals surface area contributed by atoms with Crippen molar-refractivity contribution < 1.29 is 19.8 Å². The van der Waals surface area contributed by atoms with Gasteiger partial charge in [-0.3, -0.25) is 9.59 Å². The molecule has 0 aliphatic rings. The molecule has 0 spiro atoms. The Hall–Kier alpha value is -2.30. The summed E-state index contributed by atoms with van der Waals surface area (Å²) in [4.78, 5) is 26.0. The smallest absolute Gasteiger partial charge is 0.194 e. The molecule has 2 atom stereocenters. The minimum Gasteiger partial charge on any atom is -0.382 e. The maximum atomic E-state index is 13.1. The maximum absolute atomic E-state index is 13.1. The van der Waals surface area contributed by atoms with Crippen LogP contribution in [0.25, 0.3) is 0 Å². The van der Waals surface area contributed by atoms with E-state index in [1.165, 1.54) is 77.2 Å². The van der Waals surface area contributed by atoms with E-state index in [0.717, 1.165) is 18.4 Å². The van der Waals surface area contributed by atoms with Crippen molar-refractivity contribution in [1.29, 1.82) is 0 Å². The highest BCUT2D eigenvalue weighted by molar-refractivity contribution is 6.03. The quantitative estimate of drug-likeness (QED) is 0.139. The predicted molar refractivity (Wildman–Crippen MR) is 162 cm³/mol. The number of benzene rings is 2. The second-order valence-electron chi connectivity index (χ2n) is 12.1. The number of carbonyl (C=O) groups is 2. The van der Waals surface area contributed by atoms with Crippen LogP contribution in [-0.4, -0.2) is 33.0 Å². The first-order valence-electron chi connectivity index (χ1n) is 15.2. The van der Waals surface area contributed by atoms with Crippen molar-refractivity contribution in [3.05, 3.63) is 70.8 Å². The van der Waals surface area contributed by atoms with E-state index in [2.05, 4.69) is 20.8 Å². The molecule has 2 N–H and O–H groups in total. The van der Waals surface area contributed by atoms with Gasteiger partial charge in [0.15, 0.2) is 11.6 Å². The molecule has 4 heteroatoms. The fourth-order valence-electron chi connectivity index (χ4n) is 4.99. The molecule has 0 amide bonds. The second kappa shape index (κ2) is 16.1. The summed E-state index contributed by atoms with van der Waals surface area (Å²) in [5.74, 6) is -0.445. The van der Waals surface area contributed by atoms with Crippen LogP contribution in [0.4, 0.5) is 0 Å². The van der Waals surface area contributed by atoms with Gasteiger partial charge in [-0.15, -0.1) is 0 Å². The SMILES string of the molecule is CCCCCCCCCCCCc1ccc(C(=O)C(C)(O)CCC(C)(O)C(=O)c2ccc(C(C)C)cc2)cc1. The van der Waals surface area contributed by atoms with Crippen LogP contribution in [0.3, 0.4) is 0 Å². The maximum Gasteiger partial charge on any atom is 0.194 e. The van der Waals surface area contributed by atoms with E-state index >= 15 is 0 Å². The summed E-state index contributed by atoms with van der Waals surface area (Å²) >= 11 is 0. The van der Waals surface area contributed by atoms with Gasteiger partial charge in [0.1, 0.15) is 11.2 Å². The summed E-state index contributed by atoms with van der Waals surface area (Å²) < 4.78 is 0. The molecule has 0 aliphatic carbocycles. The molecule has 0 aliphatic heterocycles. The fraction of sp³-hybridized carbons (Fsp3) is 0.600. The summed E-state index contributed by atoms with van der Waals surface area (Å²) in [7, 11) is 0. The lowest BCUT2D eigenvalue weighted by atomic mass is 9.83. The van der Waals surface area contributed by atoms with Crippen molar-refractivity contribution in [2.75, 3.05) is 0 Å². The van der Waals surface area contributed by atoms with E-state index in [4.69, 9.17) is 0 Å². The Morgan fingerprint density at radius 2 is 1.03 bits per heavy atom. The average Bonchev–Trinajstić information content (AvgIpc) is 2.92. The summed E-state index contributed by atoms with van der Waals surface area (Å²) in [6.45, 7) is 9.33. The number of rotatable bonds is 19. The summed E-state index contributed by atoms with van der Waals surface area (Å²) in [6, 6.07) is 14.7. The van der Waals surface area contributed by atoms with Gasteiger partial charge >= 0.3 is 0 Å². The Kier molecular flexibility index (Phi) is 13.6. The fourth-order valence-corrected chi connectivity index (χ4v) is 4.99. The molecule has 0 saturated heterocycles. The monoisotopic (exact) mass is 536 g/mol. The molecule has 2 aromatic carbocycles. The molecule has 216 valence electrons. The van der Waals surface area contributed by atoms with Crippen LogP contribution < -0.4 is 0 Å². The highest BCUT2D eigenvalue weighted by Crippen LogP contribution is 2.27. The van der Waals surface area contributed by atoms with Crippen LogP contribution in [-0.2, 0) is 6.42 Å². The third-order valence-electron chi connectivity index (χ3n) is 7.95. The number of unbranched alkanes of at least 4 members (excludes halogenated alkanes) is 9. The van der Waals surface area contributed by atoms with E-state index in [0.29, 0.717) is 17.0 Å². The molecule has 0 radical (unpaired) electrons. The first-order valence-corrected chi connectivity index (χ1v) is 15.2. The second-order valence-corrected chi connectivity index (χ2v) is 12.1. The van der Waals surface area contributed by atoms with Crippen molar-refractivity contribution in [1.82, 2.24) is 0 Å². The topological polar surface area (TPSA) is 74.6 Å². The van der Waals surface area contributed by atoms with Gasteiger partial charge in [0.05, 0.1) is 0 Å². The summed E-state index contributed by atoms with van der Waals surface area (Å²) in [6.07, 6.45) is 14.0. The Balaban J connectivity index is 1.79. The van der Waals surface area contributed by atoms with Gasteiger partial charge in [-0.05, 0) is 56.6 Å². The van der Waals surface area contributed by atoms with Crippen LogP contribution >= 0.6 is 0 Å². The zero-order valence-corrected chi connectivity index (χ0v) is 25.1.